The van der Waals surface area contributed by atoms with E-state index in [9.17, 15) is 9.90 Å². The van der Waals surface area contributed by atoms with Crippen LogP contribution in [0.3, 0.4) is 0 Å². The highest BCUT2D eigenvalue weighted by Crippen LogP contribution is 2.34. The third-order valence-corrected chi connectivity index (χ3v) is 6.85. The third kappa shape index (κ3) is 4.28. The highest BCUT2D eigenvalue weighted by atomic mass is 32.1. The van der Waals surface area contributed by atoms with Crippen LogP contribution in [0, 0.1) is 12.3 Å². The lowest BCUT2D eigenvalue weighted by Crippen LogP contribution is -2.50. The highest BCUT2D eigenvalue weighted by Gasteiger charge is 2.41. The maximum absolute atomic E-state index is 13.0. The van der Waals surface area contributed by atoms with E-state index in [1.807, 2.05) is 45.3 Å². The lowest BCUT2D eigenvalue weighted by atomic mass is 9.86. The van der Waals surface area contributed by atoms with Crippen molar-refractivity contribution >= 4 is 17.2 Å². The Morgan fingerprint density at radius 2 is 1.94 bits per heavy atom. The zero-order chi connectivity index (χ0) is 22.3. The molecule has 0 unspecified atom stereocenters. The van der Waals surface area contributed by atoms with E-state index in [1.165, 1.54) is 4.88 Å². The van der Waals surface area contributed by atoms with Gasteiger partial charge in [-0.3, -0.25) is 4.79 Å². The van der Waals surface area contributed by atoms with Crippen LogP contribution in [0.25, 0.3) is 21.7 Å². The number of β-amino-alcohol motifs (C(OH)–C–C–N with tert-alkyl or cyclic N) is 1. The molecule has 0 saturated carbocycles. The van der Waals surface area contributed by atoms with E-state index in [2.05, 4.69) is 27.1 Å². The van der Waals surface area contributed by atoms with Crippen molar-refractivity contribution in [1.29, 1.82) is 0 Å². The summed E-state index contributed by atoms with van der Waals surface area (Å²) in [6.07, 6.45) is 1.63. The predicted octanol–water partition coefficient (Wildman–Crippen LogP) is 3.52. The lowest BCUT2D eigenvalue weighted by molar-refractivity contribution is -0.136. The first kappa shape index (κ1) is 21.7. The molecule has 8 heteroatoms. The Hall–Kier alpha value is -2.55. The molecule has 1 aliphatic rings. The van der Waals surface area contributed by atoms with Gasteiger partial charge in [0.25, 0.3) is 0 Å². The number of aliphatic hydroxyl groups excluding tert-OH is 1. The van der Waals surface area contributed by atoms with Crippen LogP contribution < -0.4 is 5.73 Å². The van der Waals surface area contributed by atoms with Gasteiger partial charge in [0.05, 0.1) is 46.2 Å². The first-order valence-electron chi connectivity index (χ1n) is 10.4. The number of thiazole rings is 1. The van der Waals surface area contributed by atoms with Crippen LogP contribution in [0.2, 0.25) is 0 Å². The van der Waals surface area contributed by atoms with E-state index in [0.29, 0.717) is 12.2 Å². The van der Waals surface area contributed by atoms with E-state index in [0.717, 1.165) is 22.5 Å². The van der Waals surface area contributed by atoms with Crippen molar-refractivity contribution in [2.45, 2.75) is 52.3 Å². The number of nitrogens with two attached hydrogens (primary N) is 1. The predicted molar refractivity (Wildman–Crippen MR) is 122 cm³/mol. The summed E-state index contributed by atoms with van der Waals surface area (Å²) in [6, 6.07) is 7.30. The van der Waals surface area contributed by atoms with Crippen molar-refractivity contribution in [1.82, 2.24) is 19.9 Å². The number of aromatic nitrogens is 3. The number of carbonyl (C=O) groups is 1. The molecule has 3 heterocycles. The number of H-pyrrole nitrogens is 1. The van der Waals surface area contributed by atoms with Gasteiger partial charge in [-0.1, -0.05) is 45.0 Å². The normalized spacial score (nSPS) is 20.3. The number of aliphatic hydroxyl groups is 1. The number of amides is 1. The molecule has 3 aromatic rings. The molecule has 0 spiro atoms. The minimum Gasteiger partial charge on any atom is -0.391 e. The molecule has 4 N–H and O–H groups in total. The van der Waals surface area contributed by atoms with Crippen LogP contribution in [0.1, 0.15) is 44.8 Å². The average molecular weight is 440 g/mol. The highest BCUT2D eigenvalue weighted by molar-refractivity contribution is 7.13. The molecule has 164 valence electrons. The summed E-state index contributed by atoms with van der Waals surface area (Å²) >= 11 is 1.63. The van der Waals surface area contributed by atoms with Crippen LogP contribution in [0.4, 0.5) is 0 Å². The molecular formula is C23H29N5O2S. The molecule has 1 aromatic carbocycles. The Morgan fingerprint density at radius 3 is 2.55 bits per heavy atom. The van der Waals surface area contributed by atoms with Gasteiger partial charge in [0.1, 0.15) is 5.82 Å². The second-order valence-electron chi connectivity index (χ2n) is 9.27. The molecule has 0 radical (unpaired) electrons. The van der Waals surface area contributed by atoms with Crippen molar-refractivity contribution in [3.05, 3.63) is 47.5 Å². The van der Waals surface area contributed by atoms with Crippen molar-refractivity contribution < 1.29 is 9.90 Å². The number of nitrogens with zero attached hydrogens (tertiary/aromatic N) is 3. The van der Waals surface area contributed by atoms with E-state index < -0.39 is 12.1 Å². The molecule has 0 bridgehead atoms. The Morgan fingerprint density at radius 1 is 1.26 bits per heavy atom. The van der Waals surface area contributed by atoms with Gasteiger partial charge in [-0.05, 0) is 23.5 Å². The van der Waals surface area contributed by atoms with Gasteiger partial charge >= 0.3 is 0 Å². The molecule has 0 aliphatic carbocycles. The number of benzene rings is 1. The quantitative estimate of drug-likeness (QED) is 0.576. The fourth-order valence-electron chi connectivity index (χ4n) is 3.90. The van der Waals surface area contributed by atoms with Gasteiger partial charge in [0, 0.05) is 13.0 Å². The minimum absolute atomic E-state index is 0.156. The third-order valence-electron chi connectivity index (χ3n) is 5.88. The molecule has 31 heavy (non-hydrogen) atoms. The molecule has 1 amide bonds. The first-order chi connectivity index (χ1) is 14.6. The average Bonchev–Trinajstić information content (AvgIpc) is 3.45. The zero-order valence-electron chi connectivity index (χ0n) is 18.3. The summed E-state index contributed by atoms with van der Waals surface area (Å²) in [5.74, 6) is 0.514. The molecule has 2 aromatic heterocycles. The molecular weight excluding hydrogens is 410 g/mol. The van der Waals surface area contributed by atoms with Gasteiger partial charge in [-0.2, -0.15) is 0 Å². The zero-order valence-corrected chi connectivity index (χ0v) is 19.1. The lowest BCUT2D eigenvalue weighted by Gasteiger charge is -2.32. The molecule has 3 atom stereocenters. The Balaban J connectivity index is 1.56. The number of rotatable bonds is 4. The number of carbonyl (C=O) groups excluding carboxylic acids is 1. The number of hydrogen-bond acceptors (Lipinski definition) is 6. The monoisotopic (exact) mass is 439 g/mol. The number of nitrogens with one attached hydrogen (secondary N) is 1. The van der Waals surface area contributed by atoms with Crippen molar-refractivity contribution in [3.63, 3.8) is 0 Å². The smallest absolute Gasteiger partial charge is 0.240 e. The Kier molecular flexibility index (Phi) is 5.72. The number of aromatic amines is 1. The molecule has 1 fully saturated rings. The molecule has 7 nitrogen and oxygen atoms in total. The van der Waals surface area contributed by atoms with Crippen molar-refractivity contribution in [2.75, 3.05) is 6.54 Å². The van der Waals surface area contributed by atoms with Crippen LogP contribution in [-0.2, 0) is 4.79 Å². The minimum atomic E-state index is -0.641. The van der Waals surface area contributed by atoms with Crippen molar-refractivity contribution in [2.24, 2.45) is 11.1 Å². The number of hydrogen-bond donors (Lipinski definition) is 3. The van der Waals surface area contributed by atoms with E-state index in [4.69, 9.17) is 5.73 Å². The largest absolute Gasteiger partial charge is 0.391 e. The second-order valence-corrected chi connectivity index (χ2v) is 10.1. The van der Waals surface area contributed by atoms with Crippen LogP contribution in [-0.4, -0.2) is 49.6 Å². The van der Waals surface area contributed by atoms with Gasteiger partial charge in [-0.25, -0.2) is 9.97 Å². The SMILES string of the molecule is Cc1ncsc1-c1ccc(-c2cnc([C@@H]3C[C@@H](O)CN3C(=O)[C@@H](N)C(C)(C)C)[nH]2)cc1. The summed E-state index contributed by atoms with van der Waals surface area (Å²) in [5.41, 5.74) is 11.8. The maximum atomic E-state index is 13.0. The number of aryl methyl sites for hydroxylation is 1. The fraction of sp³-hybridized carbons (Fsp3) is 0.435. The molecule has 1 saturated heterocycles. The Labute approximate surface area is 186 Å². The fourth-order valence-corrected chi connectivity index (χ4v) is 4.71. The van der Waals surface area contributed by atoms with Gasteiger partial charge in [0.2, 0.25) is 5.91 Å². The summed E-state index contributed by atoms with van der Waals surface area (Å²) in [6.45, 7) is 8.11. The summed E-state index contributed by atoms with van der Waals surface area (Å²) < 4.78 is 0. The standard InChI is InChI=1S/C23H29N5O2S/c1-13-19(31-12-26-13)15-7-5-14(6-8-15)17-10-25-21(27-17)18-9-16(29)11-28(18)22(30)20(24)23(2,3)4/h5-8,10,12,16,18,20,29H,9,11,24H2,1-4H3,(H,25,27)/t16-,18+,20-/m1/s1. The second kappa shape index (κ2) is 8.18. The van der Waals surface area contributed by atoms with Crippen LogP contribution in [0.15, 0.2) is 36.0 Å². The maximum Gasteiger partial charge on any atom is 0.240 e. The summed E-state index contributed by atoms with van der Waals surface area (Å²) in [7, 11) is 0. The van der Waals surface area contributed by atoms with E-state index in [-0.39, 0.29) is 23.9 Å². The Bertz CT molecular complexity index is 1070. The summed E-state index contributed by atoms with van der Waals surface area (Å²) in [4.78, 5) is 28.1. The van der Waals surface area contributed by atoms with Gasteiger partial charge in [0.15, 0.2) is 0 Å². The van der Waals surface area contributed by atoms with Gasteiger partial charge < -0.3 is 20.7 Å². The van der Waals surface area contributed by atoms with E-state index in [1.54, 1.807) is 22.4 Å². The van der Waals surface area contributed by atoms with Crippen LogP contribution >= 0.6 is 11.3 Å². The molecule has 1 aliphatic heterocycles. The topological polar surface area (TPSA) is 108 Å². The van der Waals surface area contributed by atoms with Crippen molar-refractivity contribution in [3.8, 4) is 21.7 Å². The summed E-state index contributed by atoms with van der Waals surface area (Å²) in [5, 5.41) is 10.3. The van der Waals surface area contributed by atoms with Crippen LogP contribution in [0.5, 0.6) is 0 Å². The number of imidazole rings is 1. The molecule has 4 rings (SSSR count). The van der Waals surface area contributed by atoms with Gasteiger partial charge in [-0.15, -0.1) is 11.3 Å². The van der Waals surface area contributed by atoms with E-state index >= 15 is 0 Å². The first-order valence-corrected chi connectivity index (χ1v) is 11.3. The number of likely N-dealkylation sites (tertiary alicyclic amines) is 1.